The number of hydrogen-bond acceptors (Lipinski definition) is 5. The lowest BCUT2D eigenvalue weighted by atomic mass is 9.98. The summed E-state index contributed by atoms with van der Waals surface area (Å²) in [6.07, 6.45) is 1.72. The van der Waals surface area contributed by atoms with Crippen molar-refractivity contribution in [2.75, 3.05) is 32.1 Å². The minimum absolute atomic E-state index is 0.0171. The number of likely N-dealkylation sites (N-methyl/N-ethyl adjacent to an activating group) is 1. The fraction of sp³-hybridized carbons (Fsp3) is 0.375. The van der Waals surface area contributed by atoms with E-state index >= 15 is 0 Å². The Morgan fingerprint density at radius 1 is 1.12 bits per heavy atom. The second kappa shape index (κ2) is 7.50. The van der Waals surface area contributed by atoms with E-state index in [-0.39, 0.29) is 17.6 Å². The van der Waals surface area contributed by atoms with Gasteiger partial charge in [0.25, 0.3) is 0 Å². The predicted molar refractivity (Wildman–Crippen MR) is 117 cm³/mol. The summed E-state index contributed by atoms with van der Waals surface area (Å²) >= 11 is 0. The molecule has 3 aromatic rings. The van der Waals surface area contributed by atoms with Gasteiger partial charge in [0, 0.05) is 36.3 Å². The van der Waals surface area contributed by atoms with E-state index in [0.717, 1.165) is 47.7 Å². The van der Waals surface area contributed by atoms with E-state index < -0.39 is 0 Å². The minimum atomic E-state index is -0.275. The summed E-state index contributed by atoms with van der Waals surface area (Å²) in [5, 5.41) is 7.87. The fourth-order valence-corrected chi connectivity index (χ4v) is 5.05. The molecule has 164 valence electrons. The van der Waals surface area contributed by atoms with E-state index in [1.807, 2.05) is 16.8 Å². The fourth-order valence-electron chi connectivity index (χ4n) is 5.05. The number of fused-ring (bicyclic) bond motifs is 2. The van der Waals surface area contributed by atoms with Crippen LogP contribution >= 0.6 is 0 Å². The highest BCUT2D eigenvalue weighted by Gasteiger charge is 2.58. The average molecular weight is 433 g/mol. The number of rotatable bonds is 4. The number of anilines is 1. The van der Waals surface area contributed by atoms with Gasteiger partial charge in [-0.1, -0.05) is 0 Å². The van der Waals surface area contributed by atoms with Gasteiger partial charge in [-0.25, -0.2) is 9.37 Å². The summed E-state index contributed by atoms with van der Waals surface area (Å²) in [7, 11) is 2.09. The van der Waals surface area contributed by atoms with E-state index in [1.54, 1.807) is 18.3 Å². The number of benzene rings is 1. The number of halogens is 1. The Morgan fingerprint density at radius 2 is 1.91 bits per heavy atom. The summed E-state index contributed by atoms with van der Waals surface area (Å²) in [5.41, 5.74) is 4.71. The standard InChI is InChI=1S/C24H24FN5O2/c1-29-8-9-30-19(11-29)21(23(28-30)14-2-4-16(25)5-3-14)15-6-7-26-20(10-15)27-24(31)22-17-12-32-13-18(17)22/h2-7,10,17-18,22H,8-9,11-13H2,1H3,(H,26,27,31). The summed E-state index contributed by atoms with van der Waals surface area (Å²) in [6.45, 7) is 3.82. The maximum atomic E-state index is 13.5. The molecule has 32 heavy (non-hydrogen) atoms. The molecular formula is C24H24FN5O2. The van der Waals surface area contributed by atoms with Crippen molar-refractivity contribution in [2.45, 2.75) is 13.1 Å². The van der Waals surface area contributed by atoms with Gasteiger partial charge in [0.05, 0.1) is 25.5 Å². The summed E-state index contributed by atoms with van der Waals surface area (Å²) in [5.74, 6) is 1.00. The second-order valence-electron chi connectivity index (χ2n) is 8.95. The molecule has 4 heterocycles. The quantitative estimate of drug-likeness (QED) is 0.685. The van der Waals surface area contributed by atoms with Gasteiger partial charge in [0.15, 0.2) is 0 Å². The van der Waals surface area contributed by atoms with Crippen LogP contribution in [0.5, 0.6) is 0 Å². The van der Waals surface area contributed by atoms with E-state index in [9.17, 15) is 9.18 Å². The largest absolute Gasteiger partial charge is 0.381 e. The van der Waals surface area contributed by atoms with Gasteiger partial charge < -0.3 is 10.1 Å². The Morgan fingerprint density at radius 3 is 2.69 bits per heavy atom. The number of hydrogen-bond donors (Lipinski definition) is 1. The Bertz CT molecular complexity index is 1180. The van der Waals surface area contributed by atoms with Crippen LogP contribution in [0.1, 0.15) is 5.69 Å². The molecule has 0 radical (unpaired) electrons. The van der Waals surface area contributed by atoms with Gasteiger partial charge in [-0.3, -0.25) is 14.4 Å². The van der Waals surface area contributed by atoms with Crippen LogP contribution < -0.4 is 5.32 Å². The molecule has 7 nitrogen and oxygen atoms in total. The zero-order valence-electron chi connectivity index (χ0n) is 17.8. The van der Waals surface area contributed by atoms with Crippen molar-refractivity contribution in [1.29, 1.82) is 0 Å². The van der Waals surface area contributed by atoms with Crippen molar-refractivity contribution in [3.8, 4) is 22.4 Å². The monoisotopic (exact) mass is 433 g/mol. The van der Waals surface area contributed by atoms with Crippen LogP contribution in [-0.4, -0.2) is 52.4 Å². The zero-order chi connectivity index (χ0) is 21.8. The maximum Gasteiger partial charge on any atom is 0.229 e. The normalized spacial score (nSPS) is 24.1. The number of nitrogens with one attached hydrogen (secondary N) is 1. The topological polar surface area (TPSA) is 72.3 Å². The van der Waals surface area contributed by atoms with Crippen LogP contribution in [-0.2, 0) is 22.6 Å². The molecule has 2 aromatic heterocycles. The molecule has 2 aliphatic heterocycles. The molecule has 1 aromatic carbocycles. The van der Waals surface area contributed by atoms with E-state index in [2.05, 4.69) is 22.2 Å². The van der Waals surface area contributed by atoms with Crippen molar-refractivity contribution in [3.63, 3.8) is 0 Å². The van der Waals surface area contributed by atoms with Gasteiger partial charge in [-0.2, -0.15) is 5.10 Å². The molecule has 2 unspecified atom stereocenters. The number of carbonyl (C=O) groups is 1. The highest BCUT2D eigenvalue weighted by Crippen LogP contribution is 2.51. The molecule has 3 aliphatic rings. The number of nitrogens with zero attached hydrogens (tertiary/aromatic N) is 4. The van der Waals surface area contributed by atoms with Gasteiger partial charge >= 0.3 is 0 Å². The number of pyridine rings is 1. The van der Waals surface area contributed by atoms with Crippen LogP contribution in [0.15, 0.2) is 42.6 Å². The number of carbonyl (C=O) groups excluding carboxylic acids is 1. The van der Waals surface area contributed by atoms with Gasteiger partial charge in [-0.05, 0) is 60.8 Å². The first-order chi connectivity index (χ1) is 15.6. The smallest absolute Gasteiger partial charge is 0.229 e. The first-order valence-corrected chi connectivity index (χ1v) is 11.0. The lowest BCUT2D eigenvalue weighted by Crippen LogP contribution is -2.30. The molecule has 0 bridgehead atoms. The number of amides is 1. The third-order valence-electron chi connectivity index (χ3n) is 6.84. The Hall–Kier alpha value is -3.10. The van der Waals surface area contributed by atoms with E-state index in [1.165, 1.54) is 12.1 Å². The Kier molecular flexibility index (Phi) is 4.58. The van der Waals surface area contributed by atoms with E-state index in [0.29, 0.717) is 30.9 Å². The van der Waals surface area contributed by atoms with Crippen molar-refractivity contribution >= 4 is 11.7 Å². The molecule has 0 spiro atoms. The van der Waals surface area contributed by atoms with Crippen LogP contribution in [0, 0.1) is 23.6 Å². The zero-order valence-corrected chi connectivity index (χ0v) is 17.8. The molecule has 1 saturated heterocycles. The van der Waals surface area contributed by atoms with Crippen LogP contribution in [0.4, 0.5) is 10.2 Å². The van der Waals surface area contributed by atoms with Crippen LogP contribution in [0.2, 0.25) is 0 Å². The first-order valence-electron chi connectivity index (χ1n) is 11.0. The molecule has 1 saturated carbocycles. The first kappa shape index (κ1) is 19.6. The van der Waals surface area contributed by atoms with Gasteiger partial charge in [0.2, 0.25) is 5.91 Å². The SMILES string of the molecule is CN1CCn2nc(-c3ccc(F)cc3)c(-c3ccnc(NC(=O)C4C5COCC54)c3)c2C1. The molecule has 2 atom stereocenters. The molecule has 2 fully saturated rings. The number of ether oxygens (including phenoxy) is 1. The third kappa shape index (κ3) is 3.30. The second-order valence-corrected chi connectivity index (χ2v) is 8.95. The molecular weight excluding hydrogens is 409 g/mol. The molecule has 1 N–H and O–H groups in total. The van der Waals surface area contributed by atoms with Crippen molar-refractivity contribution in [3.05, 3.63) is 54.1 Å². The summed E-state index contributed by atoms with van der Waals surface area (Å²) in [6, 6.07) is 10.3. The van der Waals surface area contributed by atoms with Gasteiger partial charge in [0.1, 0.15) is 17.3 Å². The third-order valence-corrected chi connectivity index (χ3v) is 6.84. The lowest BCUT2D eigenvalue weighted by molar-refractivity contribution is -0.118. The average Bonchev–Trinajstić information content (AvgIpc) is 3.10. The van der Waals surface area contributed by atoms with Crippen molar-refractivity contribution < 1.29 is 13.9 Å². The predicted octanol–water partition coefficient (Wildman–Crippen LogP) is 3.03. The Balaban J connectivity index is 1.37. The van der Waals surface area contributed by atoms with Crippen molar-refractivity contribution in [1.82, 2.24) is 19.7 Å². The van der Waals surface area contributed by atoms with Crippen molar-refractivity contribution in [2.24, 2.45) is 17.8 Å². The lowest BCUT2D eigenvalue weighted by Gasteiger charge is -2.24. The molecule has 1 aliphatic carbocycles. The highest BCUT2D eigenvalue weighted by molar-refractivity contribution is 5.95. The van der Waals surface area contributed by atoms with Crippen LogP contribution in [0.3, 0.4) is 0 Å². The molecule has 8 heteroatoms. The van der Waals surface area contributed by atoms with E-state index in [4.69, 9.17) is 9.84 Å². The summed E-state index contributed by atoms with van der Waals surface area (Å²) in [4.78, 5) is 19.4. The minimum Gasteiger partial charge on any atom is -0.381 e. The summed E-state index contributed by atoms with van der Waals surface area (Å²) < 4.78 is 21.0. The maximum absolute atomic E-state index is 13.5. The molecule has 1 amide bonds. The Labute approximate surface area is 185 Å². The van der Waals surface area contributed by atoms with Gasteiger partial charge in [-0.15, -0.1) is 0 Å². The molecule has 6 rings (SSSR count). The van der Waals surface area contributed by atoms with Crippen LogP contribution in [0.25, 0.3) is 22.4 Å². The number of aromatic nitrogens is 3. The highest BCUT2D eigenvalue weighted by atomic mass is 19.1.